The van der Waals surface area contributed by atoms with Gasteiger partial charge in [-0.3, -0.25) is 19.0 Å². The summed E-state index contributed by atoms with van der Waals surface area (Å²) in [6, 6.07) is 0. The van der Waals surface area contributed by atoms with E-state index in [9.17, 15) is 44.3 Å². The Balaban J connectivity index is 1.37. The number of phosphoric ester groups is 1. The summed E-state index contributed by atoms with van der Waals surface area (Å²) in [5.41, 5.74) is -6.47. The number of aliphatic hydroxyl groups excluding tert-OH is 4. The minimum absolute atomic E-state index is 0.202. The average molecular weight is 631 g/mol. The van der Waals surface area contributed by atoms with Crippen molar-refractivity contribution in [1.82, 2.24) is 0 Å². The van der Waals surface area contributed by atoms with Gasteiger partial charge in [0.2, 0.25) is 0 Å². The minimum Gasteiger partial charge on any atom is -0.505 e. The van der Waals surface area contributed by atoms with Crippen molar-refractivity contribution >= 4 is 25.4 Å². The summed E-state index contributed by atoms with van der Waals surface area (Å²) in [5.74, 6) is -7.12. The third-order valence-corrected chi connectivity index (χ3v) is 11.5. The maximum absolute atomic E-state index is 17.3. The van der Waals surface area contributed by atoms with Crippen LogP contribution in [0.3, 0.4) is 0 Å². The molecule has 0 aromatic rings. The highest BCUT2D eigenvalue weighted by Crippen LogP contribution is 2.70. The molecule has 3 saturated carbocycles. The lowest BCUT2D eigenvalue weighted by atomic mass is 9.44. The van der Waals surface area contributed by atoms with Crippen LogP contribution < -0.4 is 0 Å². The first-order chi connectivity index (χ1) is 19.9. The highest BCUT2D eigenvalue weighted by Gasteiger charge is 2.75. The minimum atomic E-state index is -5.31. The molecule has 11 atom stereocenters. The van der Waals surface area contributed by atoms with E-state index in [1.165, 1.54) is 18.2 Å². The van der Waals surface area contributed by atoms with Crippen molar-refractivity contribution in [3.05, 3.63) is 35.3 Å². The van der Waals surface area contributed by atoms with Gasteiger partial charge in [0.15, 0.2) is 29.1 Å². The van der Waals surface area contributed by atoms with Gasteiger partial charge >= 0.3 is 13.8 Å². The summed E-state index contributed by atoms with van der Waals surface area (Å²) in [6.45, 7) is 2.71. The Hall–Kier alpha value is -2.45. The Morgan fingerprint density at radius 2 is 1.95 bits per heavy atom. The molecule has 0 amide bonds. The van der Waals surface area contributed by atoms with E-state index in [0.29, 0.717) is 12.0 Å². The van der Waals surface area contributed by atoms with Crippen molar-refractivity contribution in [2.24, 2.45) is 28.6 Å². The average Bonchev–Trinajstić information content (AvgIpc) is 3.32. The van der Waals surface area contributed by atoms with E-state index in [2.05, 4.69) is 9.26 Å². The lowest BCUT2D eigenvalue weighted by Gasteiger charge is -2.62. The quantitative estimate of drug-likeness (QED) is 0.164. The van der Waals surface area contributed by atoms with E-state index >= 15 is 4.39 Å². The van der Waals surface area contributed by atoms with Gasteiger partial charge in [-0.05, 0) is 56.6 Å². The van der Waals surface area contributed by atoms with Crippen LogP contribution in [-0.4, -0.2) is 90.8 Å². The van der Waals surface area contributed by atoms with Gasteiger partial charge in [0.05, 0.1) is 12.7 Å². The highest BCUT2D eigenvalue weighted by molar-refractivity contribution is 7.47. The second-order valence-electron chi connectivity index (χ2n) is 12.7. The van der Waals surface area contributed by atoms with Crippen LogP contribution >= 0.6 is 7.82 Å². The molecule has 0 spiro atoms. The second-order valence-corrected chi connectivity index (χ2v) is 14.1. The van der Waals surface area contributed by atoms with E-state index in [1.54, 1.807) is 20.8 Å². The number of fused-ring (bicyclic) bond motifs is 5. The van der Waals surface area contributed by atoms with Crippen LogP contribution in [0.15, 0.2) is 35.3 Å². The van der Waals surface area contributed by atoms with E-state index in [0.717, 1.165) is 0 Å². The summed E-state index contributed by atoms with van der Waals surface area (Å²) in [4.78, 5) is 47.8. The molecule has 1 heterocycles. The maximum Gasteiger partial charge on any atom is 0.528 e. The van der Waals surface area contributed by atoms with Crippen LogP contribution in [0.4, 0.5) is 4.39 Å². The number of aliphatic hydroxyl groups is 5. The molecule has 5 aliphatic rings. The number of allylic oxidation sites excluding steroid dienone is 4. The van der Waals surface area contributed by atoms with Gasteiger partial charge in [-0.1, -0.05) is 25.5 Å². The van der Waals surface area contributed by atoms with Gasteiger partial charge in [0.25, 0.3) is 5.76 Å². The van der Waals surface area contributed by atoms with Crippen molar-refractivity contribution in [2.75, 3.05) is 13.2 Å². The Morgan fingerprint density at radius 3 is 2.60 bits per heavy atom. The zero-order chi connectivity index (χ0) is 31.9. The molecule has 0 saturated heterocycles. The fourth-order valence-corrected chi connectivity index (χ4v) is 9.16. The Labute approximate surface area is 246 Å². The van der Waals surface area contributed by atoms with Crippen LogP contribution in [-0.2, 0) is 32.7 Å². The first-order valence-electron chi connectivity index (χ1n) is 14.0. The lowest BCUT2D eigenvalue weighted by Crippen LogP contribution is -2.69. The number of carbonyl (C=O) groups is 3. The van der Waals surface area contributed by atoms with Crippen molar-refractivity contribution in [3.8, 4) is 0 Å². The zero-order valence-electron chi connectivity index (χ0n) is 23.8. The van der Waals surface area contributed by atoms with E-state index in [1.807, 2.05) is 0 Å². The van der Waals surface area contributed by atoms with Crippen LogP contribution in [0, 0.1) is 28.6 Å². The van der Waals surface area contributed by atoms with Crippen molar-refractivity contribution in [3.63, 3.8) is 0 Å². The molecule has 13 nitrogen and oxygen atoms in total. The summed E-state index contributed by atoms with van der Waals surface area (Å²) >= 11 is 0. The van der Waals surface area contributed by atoms with Gasteiger partial charge in [-0.2, -0.15) is 0 Å². The number of hydrogen-bond donors (Lipinski definition) is 6. The normalized spacial score (nSPS) is 44.1. The molecule has 5 rings (SSSR count). The molecule has 0 radical (unpaired) electrons. The largest absolute Gasteiger partial charge is 0.528 e. The number of rotatable bonds is 8. The number of phosphoric acid groups is 1. The molecule has 6 N–H and O–H groups in total. The third kappa shape index (κ3) is 4.40. The number of cyclic esters (lactones) is 1. The molecule has 0 bridgehead atoms. The first kappa shape index (κ1) is 32.0. The summed E-state index contributed by atoms with van der Waals surface area (Å²) < 4.78 is 44.0. The summed E-state index contributed by atoms with van der Waals surface area (Å²) in [5, 5.41) is 52.1. The van der Waals surface area contributed by atoms with E-state index < -0.39 is 102 Å². The Kier molecular flexibility index (Phi) is 7.65. The lowest BCUT2D eigenvalue weighted by molar-refractivity contribution is -0.219. The number of Topliss-reactive ketones (excluding diaryl/α,β-unsaturated/α-hetero) is 1. The number of ketones is 2. The predicted molar refractivity (Wildman–Crippen MR) is 142 cm³/mol. The molecular weight excluding hydrogens is 594 g/mol. The summed E-state index contributed by atoms with van der Waals surface area (Å²) in [6.07, 6.45) is -0.431. The van der Waals surface area contributed by atoms with Crippen LogP contribution in [0.2, 0.25) is 0 Å². The predicted octanol–water partition coefficient (Wildman–Crippen LogP) is 1.09. The zero-order valence-corrected chi connectivity index (χ0v) is 24.7. The summed E-state index contributed by atoms with van der Waals surface area (Å²) in [7, 11) is -5.31. The van der Waals surface area contributed by atoms with E-state index in [4.69, 9.17) is 9.63 Å². The van der Waals surface area contributed by atoms with Crippen molar-refractivity contribution < 1.29 is 67.5 Å². The van der Waals surface area contributed by atoms with Gasteiger partial charge in [0, 0.05) is 16.7 Å². The number of carbonyl (C=O) groups excluding carboxylic acids is 3. The molecule has 0 aromatic heterocycles. The SMILES string of the molecule is C[C@@H]1C[C@H]2[C@@H]3CCC4=CC(=O)C=C[C@]4(C)[C@@]3(F)[C@@H](O)C[C@]2(C)[C@@]1(O)C(=O)COP(=O)(O)OC1=C(O)C(C(O)CO)OC1=O. The first-order valence-corrected chi connectivity index (χ1v) is 15.5. The molecule has 43 heavy (non-hydrogen) atoms. The molecular formula is C28H36FO13P. The van der Waals surface area contributed by atoms with Crippen molar-refractivity contribution in [1.29, 1.82) is 0 Å². The molecule has 1 aliphatic heterocycles. The second kappa shape index (κ2) is 10.3. The monoisotopic (exact) mass is 630 g/mol. The number of esters is 1. The molecule has 3 fully saturated rings. The number of hydrogen-bond acceptors (Lipinski definition) is 12. The van der Waals surface area contributed by atoms with Gasteiger partial charge in [-0.25, -0.2) is 13.8 Å². The number of ether oxygens (including phenoxy) is 1. The molecule has 3 unspecified atom stereocenters. The van der Waals surface area contributed by atoms with Gasteiger partial charge < -0.3 is 34.8 Å². The molecule has 15 heteroatoms. The van der Waals surface area contributed by atoms with Crippen LogP contribution in [0.25, 0.3) is 0 Å². The van der Waals surface area contributed by atoms with Crippen LogP contribution in [0.5, 0.6) is 0 Å². The van der Waals surface area contributed by atoms with Gasteiger partial charge in [0.1, 0.15) is 18.3 Å². The Morgan fingerprint density at radius 1 is 1.28 bits per heavy atom. The van der Waals surface area contributed by atoms with Crippen molar-refractivity contribution in [2.45, 2.75) is 76.0 Å². The number of halogens is 1. The standard InChI is InChI=1S/C28H36FO13P/c1-13-8-17-16-5-4-14-9-15(31)6-7-25(14,2)27(16,29)19(33)10-26(17,3)28(13,37)20(34)12-40-43(38,39)42-23-21(35)22(18(32)11-30)41-24(23)36/h6-7,9,13,16-19,22,30,32-33,35,37H,4-5,8,10-12H2,1-3H3,(H,38,39)/t13-,16+,17+,18?,19+,22?,25+,26+,27+,28+/m1/s1. The number of alkyl halides is 1. The maximum atomic E-state index is 17.3. The third-order valence-electron chi connectivity index (χ3n) is 10.7. The van der Waals surface area contributed by atoms with Gasteiger partial charge in [-0.15, -0.1) is 0 Å². The fourth-order valence-electron chi connectivity index (χ4n) is 8.43. The molecule has 0 aromatic carbocycles. The van der Waals surface area contributed by atoms with E-state index in [-0.39, 0.29) is 25.0 Å². The topological polar surface area (TPSA) is 217 Å². The smallest absolute Gasteiger partial charge is 0.505 e. The molecule has 4 aliphatic carbocycles. The fraction of sp³-hybridized carbons (Fsp3) is 0.679. The highest BCUT2D eigenvalue weighted by atomic mass is 31.2. The van der Waals surface area contributed by atoms with Crippen LogP contribution in [0.1, 0.15) is 46.5 Å². The molecule has 238 valence electrons. The Bertz CT molecular complexity index is 1390.